The highest BCUT2D eigenvalue weighted by molar-refractivity contribution is 5.89. The van der Waals surface area contributed by atoms with Gasteiger partial charge in [0.15, 0.2) is 17.3 Å². The molecule has 1 aromatic heterocycles. The number of methoxy groups -OCH3 is 2. The first-order valence-corrected chi connectivity index (χ1v) is 5.23. The number of H-pyrrole nitrogens is 1. The summed E-state index contributed by atoms with van der Waals surface area (Å²) in [6, 6.07) is 5.40. The van der Waals surface area contributed by atoms with Crippen molar-refractivity contribution in [2.75, 3.05) is 14.2 Å². The average Bonchev–Trinajstić information content (AvgIpc) is 2.87. The predicted octanol–water partition coefficient (Wildman–Crippen LogP) is 1.19. The molecular weight excluding hydrogens is 234 g/mol. The summed E-state index contributed by atoms with van der Waals surface area (Å²) in [6.07, 6.45) is 1.54. The molecule has 0 unspecified atom stereocenters. The summed E-state index contributed by atoms with van der Waals surface area (Å²) < 4.78 is 10.3. The summed E-state index contributed by atoms with van der Waals surface area (Å²) >= 11 is 0. The standard InChI is InChI=1S/C12H13N3O3/c1-17-9-4-3-7(5-10(9)18-2)8-6-14-12(15-8)11(13)16/h3-6H,1-2H3,(H2,13,16)(H,14,15). The zero-order chi connectivity index (χ0) is 13.1. The Labute approximate surface area is 104 Å². The Morgan fingerprint density at radius 1 is 1.28 bits per heavy atom. The number of rotatable bonds is 4. The van der Waals surface area contributed by atoms with Gasteiger partial charge in [-0.3, -0.25) is 4.79 Å². The van der Waals surface area contributed by atoms with Gasteiger partial charge in [0.1, 0.15) is 0 Å². The maximum atomic E-state index is 11.0. The number of nitrogens with two attached hydrogens (primary N) is 1. The van der Waals surface area contributed by atoms with E-state index in [0.717, 1.165) is 5.56 Å². The number of nitrogens with one attached hydrogen (secondary N) is 1. The molecule has 2 rings (SSSR count). The fourth-order valence-electron chi connectivity index (χ4n) is 1.60. The van der Waals surface area contributed by atoms with Gasteiger partial charge in [-0.1, -0.05) is 0 Å². The molecule has 0 radical (unpaired) electrons. The molecule has 1 heterocycles. The normalized spacial score (nSPS) is 10.1. The molecule has 2 aromatic rings. The second-order valence-corrected chi connectivity index (χ2v) is 3.58. The maximum Gasteiger partial charge on any atom is 0.284 e. The van der Waals surface area contributed by atoms with Crippen LogP contribution in [0.2, 0.25) is 0 Å². The number of hydrogen-bond acceptors (Lipinski definition) is 4. The third kappa shape index (κ3) is 2.13. The Bertz CT molecular complexity index is 578. The molecule has 0 saturated heterocycles. The molecule has 3 N–H and O–H groups in total. The molecule has 0 atom stereocenters. The maximum absolute atomic E-state index is 11.0. The van der Waals surface area contributed by atoms with Crippen LogP contribution in [-0.4, -0.2) is 30.1 Å². The fraction of sp³-hybridized carbons (Fsp3) is 0.167. The zero-order valence-electron chi connectivity index (χ0n) is 10.1. The van der Waals surface area contributed by atoms with Crippen LogP contribution in [0.1, 0.15) is 10.6 Å². The number of carbonyl (C=O) groups excluding carboxylic acids is 1. The smallest absolute Gasteiger partial charge is 0.284 e. The minimum Gasteiger partial charge on any atom is -0.493 e. The molecule has 0 aliphatic carbocycles. The third-order valence-electron chi connectivity index (χ3n) is 2.50. The average molecular weight is 247 g/mol. The minimum absolute atomic E-state index is 0.125. The van der Waals surface area contributed by atoms with E-state index in [0.29, 0.717) is 17.2 Å². The quantitative estimate of drug-likeness (QED) is 0.849. The molecule has 1 amide bonds. The van der Waals surface area contributed by atoms with E-state index in [2.05, 4.69) is 9.97 Å². The number of aromatic amines is 1. The second kappa shape index (κ2) is 4.79. The van der Waals surface area contributed by atoms with E-state index in [9.17, 15) is 4.79 Å². The van der Waals surface area contributed by atoms with E-state index >= 15 is 0 Å². The second-order valence-electron chi connectivity index (χ2n) is 3.58. The van der Waals surface area contributed by atoms with Gasteiger partial charge in [-0.15, -0.1) is 0 Å². The molecule has 6 heteroatoms. The van der Waals surface area contributed by atoms with Crippen LogP contribution < -0.4 is 15.2 Å². The van der Waals surface area contributed by atoms with E-state index in [4.69, 9.17) is 15.2 Å². The highest BCUT2D eigenvalue weighted by atomic mass is 16.5. The van der Waals surface area contributed by atoms with Gasteiger partial charge in [0.25, 0.3) is 5.91 Å². The van der Waals surface area contributed by atoms with Crippen LogP contribution in [0.25, 0.3) is 11.3 Å². The number of imidazole rings is 1. The molecule has 18 heavy (non-hydrogen) atoms. The first-order chi connectivity index (χ1) is 8.65. The van der Waals surface area contributed by atoms with E-state index in [1.165, 1.54) is 0 Å². The minimum atomic E-state index is -0.596. The number of carbonyl (C=O) groups is 1. The molecule has 0 spiro atoms. The van der Waals surface area contributed by atoms with Crippen molar-refractivity contribution in [1.82, 2.24) is 9.97 Å². The lowest BCUT2D eigenvalue weighted by molar-refractivity contribution is 0.0991. The topological polar surface area (TPSA) is 90.2 Å². The van der Waals surface area contributed by atoms with Crippen molar-refractivity contribution < 1.29 is 14.3 Å². The molecule has 0 aliphatic heterocycles. The van der Waals surface area contributed by atoms with Gasteiger partial charge in [-0.05, 0) is 18.2 Å². The zero-order valence-corrected chi connectivity index (χ0v) is 10.1. The van der Waals surface area contributed by atoms with Gasteiger partial charge in [0.05, 0.1) is 26.1 Å². The third-order valence-corrected chi connectivity index (χ3v) is 2.50. The first kappa shape index (κ1) is 12.0. The number of hydrogen-bond donors (Lipinski definition) is 2. The van der Waals surface area contributed by atoms with Gasteiger partial charge in [0, 0.05) is 5.56 Å². The van der Waals surface area contributed by atoms with Gasteiger partial charge in [-0.25, -0.2) is 4.98 Å². The Hall–Kier alpha value is -2.50. The number of primary amides is 1. The number of benzene rings is 1. The van der Waals surface area contributed by atoms with Crippen molar-refractivity contribution in [3.05, 3.63) is 30.2 Å². The Morgan fingerprint density at radius 2 is 2.00 bits per heavy atom. The van der Waals surface area contributed by atoms with Crippen molar-refractivity contribution in [1.29, 1.82) is 0 Å². The van der Waals surface area contributed by atoms with Crippen molar-refractivity contribution in [3.8, 4) is 22.8 Å². The summed E-state index contributed by atoms with van der Waals surface area (Å²) in [5, 5.41) is 0. The van der Waals surface area contributed by atoms with E-state index in [-0.39, 0.29) is 5.82 Å². The van der Waals surface area contributed by atoms with Crippen molar-refractivity contribution >= 4 is 5.91 Å². The van der Waals surface area contributed by atoms with Gasteiger partial charge in [-0.2, -0.15) is 0 Å². The highest BCUT2D eigenvalue weighted by Gasteiger charge is 2.10. The Kier molecular flexibility index (Phi) is 3.18. The summed E-state index contributed by atoms with van der Waals surface area (Å²) in [4.78, 5) is 17.7. The summed E-state index contributed by atoms with van der Waals surface area (Å²) in [6.45, 7) is 0. The van der Waals surface area contributed by atoms with Crippen LogP contribution in [0.3, 0.4) is 0 Å². The van der Waals surface area contributed by atoms with Crippen LogP contribution in [0.15, 0.2) is 24.4 Å². The number of ether oxygens (including phenoxy) is 2. The molecule has 0 bridgehead atoms. The number of aromatic nitrogens is 2. The molecule has 0 saturated carbocycles. The fourth-order valence-corrected chi connectivity index (χ4v) is 1.60. The molecule has 0 fully saturated rings. The van der Waals surface area contributed by atoms with Crippen LogP contribution in [0.4, 0.5) is 0 Å². The van der Waals surface area contributed by atoms with Crippen LogP contribution in [-0.2, 0) is 0 Å². The monoisotopic (exact) mass is 247 g/mol. The summed E-state index contributed by atoms with van der Waals surface area (Å²) in [7, 11) is 3.13. The Morgan fingerprint density at radius 3 is 2.56 bits per heavy atom. The molecule has 94 valence electrons. The predicted molar refractivity (Wildman–Crippen MR) is 65.6 cm³/mol. The van der Waals surface area contributed by atoms with Gasteiger partial charge < -0.3 is 20.2 Å². The molecule has 1 aromatic carbocycles. The number of nitrogens with zero attached hydrogens (tertiary/aromatic N) is 1. The van der Waals surface area contributed by atoms with Crippen molar-refractivity contribution in [2.24, 2.45) is 5.73 Å². The lowest BCUT2D eigenvalue weighted by Crippen LogP contribution is -2.12. The number of amides is 1. The van der Waals surface area contributed by atoms with E-state index < -0.39 is 5.91 Å². The van der Waals surface area contributed by atoms with Crippen LogP contribution in [0, 0.1) is 0 Å². The van der Waals surface area contributed by atoms with Crippen molar-refractivity contribution in [3.63, 3.8) is 0 Å². The van der Waals surface area contributed by atoms with Gasteiger partial charge in [0.2, 0.25) is 0 Å². The lowest BCUT2D eigenvalue weighted by atomic mass is 10.1. The van der Waals surface area contributed by atoms with E-state index in [1.54, 1.807) is 32.5 Å². The highest BCUT2D eigenvalue weighted by Crippen LogP contribution is 2.31. The summed E-state index contributed by atoms with van der Waals surface area (Å²) in [5.41, 5.74) is 6.64. The van der Waals surface area contributed by atoms with Crippen LogP contribution >= 0.6 is 0 Å². The van der Waals surface area contributed by atoms with Crippen molar-refractivity contribution in [2.45, 2.75) is 0 Å². The van der Waals surface area contributed by atoms with Crippen LogP contribution in [0.5, 0.6) is 11.5 Å². The molecular formula is C12H13N3O3. The Balaban J connectivity index is 2.41. The van der Waals surface area contributed by atoms with Gasteiger partial charge >= 0.3 is 0 Å². The molecule has 0 aliphatic rings. The SMILES string of the molecule is COc1ccc(-c2cnc(C(N)=O)[nH]2)cc1OC. The lowest BCUT2D eigenvalue weighted by Gasteiger charge is -2.08. The first-order valence-electron chi connectivity index (χ1n) is 5.23. The molecule has 6 nitrogen and oxygen atoms in total. The van der Waals surface area contributed by atoms with E-state index in [1.807, 2.05) is 6.07 Å². The largest absolute Gasteiger partial charge is 0.493 e. The summed E-state index contributed by atoms with van der Waals surface area (Å²) in [5.74, 6) is 0.766.